The predicted molar refractivity (Wildman–Crippen MR) is 97.9 cm³/mol. The van der Waals surface area contributed by atoms with Crippen molar-refractivity contribution in [2.24, 2.45) is 0 Å². The molecule has 0 unspecified atom stereocenters. The van der Waals surface area contributed by atoms with E-state index in [1.807, 2.05) is 24.3 Å². The standard InChI is InChI=1S/C17H14ClN3O3S/c1-23-12-6-3-10(4-7-12)16-20-21-17(25-16)19-15(22)13-9-11(18)5-8-14(13)24-2/h3-9H,1-2H3,(H,19,21,22). The first kappa shape index (κ1) is 17.2. The second-order valence-electron chi connectivity index (χ2n) is 4.94. The predicted octanol–water partition coefficient (Wildman–Crippen LogP) is 4.13. The molecule has 0 radical (unpaired) electrons. The van der Waals surface area contributed by atoms with E-state index in [1.165, 1.54) is 18.4 Å². The summed E-state index contributed by atoms with van der Waals surface area (Å²) in [6.45, 7) is 0. The first-order chi connectivity index (χ1) is 12.1. The normalized spacial score (nSPS) is 10.4. The maximum Gasteiger partial charge on any atom is 0.261 e. The summed E-state index contributed by atoms with van der Waals surface area (Å²) in [6, 6.07) is 12.3. The van der Waals surface area contributed by atoms with Gasteiger partial charge in [0.1, 0.15) is 16.5 Å². The number of aromatic nitrogens is 2. The summed E-state index contributed by atoms with van der Waals surface area (Å²) in [5.41, 5.74) is 1.22. The van der Waals surface area contributed by atoms with Crippen molar-refractivity contribution in [1.29, 1.82) is 0 Å². The van der Waals surface area contributed by atoms with Crippen LogP contribution in [-0.4, -0.2) is 30.3 Å². The molecule has 8 heteroatoms. The number of anilines is 1. The van der Waals surface area contributed by atoms with Crippen molar-refractivity contribution < 1.29 is 14.3 Å². The third kappa shape index (κ3) is 3.89. The minimum atomic E-state index is -0.364. The molecule has 3 rings (SSSR count). The number of nitrogens with one attached hydrogen (secondary N) is 1. The largest absolute Gasteiger partial charge is 0.497 e. The molecule has 0 aliphatic rings. The Bertz CT molecular complexity index is 896. The van der Waals surface area contributed by atoms with Crippen molar-refractivity contribution in [2.75, 3.05) is 19.5 Å². The molecule has 0 atom stereocenters. The van der Waals surface area contributed by atoms with Crippen LogP contribution in [0.25, 0.3) is 10.6 Å². The summed E-state index contributed by atoms with van der Waals surface area (Å²) in [5, 5.41) is 12.4. The van der Waals surface area contributed by atoms with Crippen molar-refractivity contribution in [1.82, 2.24) is 10.2 Å². The van der Waals surface area contributed by atoms with Gasteiger partial charge in [0.2, 0.25) is 5.13 Å². The Kier molecular flexibility index (Phi) is 5.16. The van der Waals surface area contributed by atoms with Gasteiger partial charge < -0.3 is 9.47 Å². The van der Waals surface area contributed by atoms with Gasteiger partial charge in [0.05, 0.1) is 19.8 Å². The molecule has 0 bridgehead atoms. The molecule has 0 aliphatic carbocycles. The fourth-order valence-electron chi connectivity index (χ4n) is 2.15. The lowest BCUT2D eigenvalue weighted by Gasteiger charge is -2.07. The van der Waals surface area contributed by atoms with Crippen LogP contribution in [0.2, 0.25) is 5.02 Å². The Morgan fingerprint density at radius 1 is 1.08 bits per heavy atom. The fraction of sp³-hybridized carbons (Fsp3) is 0.118. The molecule has 25 heavy (non-hydrogen) atoms. The van der Waals surface area contributed by atoms with Crippen molar-refractivity contribution in [3.63, 3.8) is 0 Å². The highest BCUT2D eigenvalue weighted by Crippen LogP contribution is 2.29. The summed E-state index contributed by atoms with van der Waals surface area (Å²) in [5.74, 6) is 0.827. The van der Waals surface area contributed by atoms with Crippen molar-refractivity contribution in [3.05, 3.63) is 53.1 Å². The molecule has 2 aromatic carbocycles. The van der Waals surface area contributed by atoms with E-state index in [4.69, 9.17) is 21.1 Å². The lowest BCUT2D eigenvalue weighted by molar-refractivity contribution is 0.102. The van der Waals surface area contributed by atoms with Gasteiger partial charge in [0, 0.05) is 10.6 Å². The molecule has 0 saturated carbocycles. The molecule has 1 amide bonds. The van der Waals surface area contributed by atoms with Crippen LogP contribution >= 0.6 is 22.9 Å². The first-order valence-electron chi connectivity index (χ1n) is 7.23. The molecule has 128 valence electrons. The van der Waals surface area contributed by atoms with Crippen LogP contribution in [0, 0.1) is 0 Å². The van der Waals surface area contributed by atoms with Gasteiger partial charge in [-0.15, -0.1) is 10.2 Å². The number of carbonyl (C=O) groups is 1. The summed E-state index contributed by atoms with van der Waals surface area (Å²) in [4.78, 5) is 12.4. The molecule has 1 N–H and O–H groups in total. The smallest absolute Gasteiger partial charge is 0.261 e. The maximum absolute atomic E-state index is 12.4. The van der Waals surface area contributed by atoms with E-state index >= 15 is 0 Å². The van der Waals surface area contributed by atoms with Gasteiger partial charge in [-0.05, 0) is 42.5 Å². The summed E-state index contributed by atoms with van der Waals surface area (Å²) in [6.07, 6.45) is 0. The van der Waals surface area contributed by atoms with Crippen molar-refractivity contribution in [3.8, 4) is 22.1 Å². The second-order valence-corrected chi connectivity index (χ2v) is 6.35. The third-order valence-electron chi connectivity index (χ3n) is 3.39. The zero-order valence-electron chi connectivity index (χ0n) is 13.4. The average Bonchev–Trinajstić information content (AvgIpc) is 3.10. The monoisotopic (exact) mass is 375 g/mol. The van der Waals surface area contributed by atoms with E-state index < -0.39 is 0 Å². The third-order valence-corrected chi connectivity index (χ3v) is 4.51. The lowest BCUT2D eigenvalue weighted by Crippen LogP contribution is -2.13. The molecule has 1 heterocycles. The Morgan fingerprint density at radius 2 is 1.84 bits per heavy atom. The number of benzene rings is 2. The van der Waals surface area contributed by atoms with Gasteiger partial charge >= 0.3 is 0 Å². The fourth-order valence-corrected chi connectivity index (χ4v) is 3.06. The summed E-state index contributed by atoms with van der Waals surface area (Å²) < 4.78 is 10.3. The van der Waals surface area contributed by atoms with Crippen LogP contribution in [0.15, 0.2) is 42.5 Å². The van der Waals surface area contributed by atoms with Crippen LogP contribution < -0.4 is 14.8 Å². The number of halogens is 1. The number of hydrogen-bond donors (Lipinski definition) is 1. The van der Waals surface area contributed by atoms with E-state index in [2.05, 4.69) is 15.5 Å². The van der Waals surface area contributed by atoms with Crippen LogP contribution in [0.5, 0.6) is 11.5 Å². The average molecular weight is 376 g/mol. The Labute approximate surface area is 153 Å². The van der Waals surface area contributed by atoms with Gasteiger partial charge in [-0.1, -0.05) is 22.9 Å². The minimum Gasteiger partial charge on any atom is -0.497 e. The van der Waals surface area contributed by atoms with Crippen LogP contribution in [0.4, 0.5) is 5.13 Å². The molecule has 0 saturated heterocycles. The van der Waals surface area contributed by atoms with Crippen LogP contribution in [0.3, 0.4) is 0 Å². The highest BCUT2D eigenvalue weighted by Gasteiger charge is 2.16. The van der Waals surface area contributed by atoms with E-state index in [-0.39, 0.29) is 5.91 Å². The number of amides is 1. The molecule has 1 aromatic heterocycles. The van der Waals surface area contributed by atoms with Crippen molar-refractivity contribution in [2.45, 2.75) is 0 Å². The summed E-state index contributed by atoms with van der Waals surface area (Å²) in [7, 11) is 3.10. The van der Waals surface area contributed by atoms with Crippen LogP contribution in [-0.2, 0) is 0 Å². The highest BCUT2D eigenvalue weighted by atomic mass is 35.5. The van der Waals surface area contributed by atoms with Crippen molar-refractivity contribution >= 4 is 34.0 Å². The van der Waals surface area contributed by atoms with Gasteiger partial charge in [-0.3, -0.25) is 10.1 Å². The van der Waals surface area contributed by atoms with Gasteiger partial charge in [0.25, 0.3) is 5.91 Å². The van der Waals surface area contributed by atoms with Gasteiger partial charge in [-0.2, -0.15) is 0 Å². The van der Waals surface area contributed by atoms with Gasteiger partial charge in [-0.25, -0.2) is 0 Å². The number of methoxy groups -OCH3 is 2. The Morgan fingerprint density at radius 3 is 2.52 bits per heavy atom. The van der Waals surface area contributed by atoms with Gasteiger partial charge in [0.15, 0.2) is 0 Å². The highest BCUT2D eigenvalue weighted by molar-refractivity contribution is 7.18. The zero-order valence-corrected chi connectivity index (χ0v) is 15.0. The lowest BCUT2D eigenvalue weighted by atomic mass is 10.2. The number of carbonyl (C=O) groups excluding carboxylic acids is 1. The first-order valence-corrected chi connectivity index (χ1v) is 8.43. The Hall–Kier alpha value is -2.64. The Balaban J connectivity index is 1.79. The maximum atomic E-state index is 12.4. The molecule has 3 aromatic rings. The summed E-state index contributed by atoms with van der Waals surface area (Å²) >= 11 is 7.23. The molecular weight excluding hydrogens is 362 g/mol. The second kappa shape index (κ2) is 7.50. The number of nitrogens with zero attached hydrogens (tertiary/aromatic N) is 2. The molecule has 0 spiro atoms. The topological polar surface area (TPSA) is 73.3 Å². The van der Waals surface area contributed by atoms with E-state index in [1.54, 1.807) is 25.3 Å². The van der Waals surface area contributed by atoms with E-state index in [0.717, 1.165) is 11.3 Å². The number of rotatable bonds is 5. The number of ether oxygens (including phenoxy) is 2. The quantitative estimate of drug-likeness (QED) is 0.725. The SMILES string of the molecule is COc1ccc(-c2nnc(NC(=O)c3cc(Cl)ccc3OC)s2)cc1. The zero-order chi connectivity index (χ0) is 17.8. The molecule has 6 nitrogen and oxygen atoms in total. The van der Waals surface area contributed by atoms with E-state index in [0.29, 0.717) is 26.5 Å². The molecule has 0 aliphatic heterocycles. The van der Waals surface area contributed by atoms with E-state index in [9.17, 15) is 4.79 Å². The van der Waals surface area contributed by atoms with Crippen LogP contribution in [0.1, 0.15) is 10.4 Å². The molecular formula is C17H14ClN3O3S. The molecule has 0 fully saturated rings. The number of hydrogen-bond acceptors (Lipinski definition) is 6. The minimum absolute atomic E-state index is 0.330.